The molecule has 1 aromatic rings. The van der Waals surface area contributed by atoms with Crippen molar-refractivity contribution in [3.05, 3.63) is 17.5 Å². The van der Waals surface area contributed by atoms with Gasteiger partial charge in [0.2, 0.25) is 0 Å². The maximum atomic E-state index is 9.26. The molecule has 1 aromatic heterocycles. The molecule has 0 bridgehead atoms. The molecule has 1 aliphatic heterocycles. The Kier molecular flexibility index (Phi) is 5.77. The Morgan fingerprint density at radius 1 is 1.29 bits per heavy atom. The average molecular weight is 289 g/mol. The molecule has 1 unspecified atom stereocenters. The lowest BCUT2D eigenvalue weighted by Gasteiger charge is -2.36. The Balaban J connectivity index is 1.86. The number of aromatic nitrogens is 2. The first-order valence-electron chi connectivity index (χ1n) is 8.05. The van der Waals surface area contributed by atoms with Crippen LogP contribution in [0.4, 0.5) is 0 Å². The van der Waals surface area contributed by atoms with E-state index in [9.17, 15) is 5.26 Å². The highest BCUT2D eigenvalue weighted by Gasteiger charge is 2.23. The van der Waals surface area contributed by atoms with Crippen LogP contribution in [-0.4, -0.2) is 51.8 Å². The minimum Gasteiger partial charge on any atom is -0.295 e. The molecule has 2 rings (SSSR count). The third kappa shape index (κ3) is 4.05. The van der Waals surface area contributed by atoms with E-state index in [0.717, 1.165) is 52.0 Å². The predicted molar refractivity (Wildman–Crippen MR) is 83.7 cm³/mol. The van der Waals surface area contributed by atoms with Gasteiger partial charge in [-0.3, -0.25) is 14.5 Å². The van der Waals surface area contributed by atoms with Crippen molar-refractivity contribution in [2.45, 2.75) is 45.7 Å². The second kappa shape index (κ2) is 7.58. The zero-order valence-corrected chi connectivity index (χ0v) is 13.5. The maximum absolute atomic E-state index is 9.26. The molecular formula is C16H27N5. The fourth-order valence-electron chi connectivity index (χ4n) is 2.96. The van der Waals surface area contributed by atoms with Gasteiger partial charge in [0.05, 0.1) is 23.5 Å². The summed E-state index contributed by atoms with van der Waals surface area (Å²) in [5, 5.41) is 13.8. The summed E-state index contributed by atoms with van der Waals surface area (Å²) in [7, 11) is 2.03. The molecule has 0 aliphatic carbocycles. The van der Waals surface area contributed by atoms with Gasteiger partial charge in [0, 0.05) is 39.8 Å². The first-order valence-corrected chi connectivity index (χ1v) is 8.05. The molecule has 1 saturated heterocycles. The number of aryl methyl sites for hydroxylation is 2. The van der Waals surface area contributed by atoms with Gasteiger partial charge in [-0.15, -0.1) is 0 Å². The van der Waals surface area contributed by atoms with Gasteiger partial charge in [-0.2, -0.15) is 10.4 Å². The lowest BCUT2D eigenvalue weighted by atomic mass is 10.1. The molecule has 21 heavy (non-hydrogen) atoms. The fourth-order valence-corrected chi connectivity index (χ4v) is 2.96. The van der Waals surface area contributed by atoms with Crippen molar-refractivity contribution in [1.29, 1.82) is 5.26 Å². The van der Waals surface area contributed by atoms with Crippen LogP contribution in [0.25, 0.3) is 0 Å². The Hall–Kier alpha value is -1.38. The van der Waals surface area contributed by atoms with E-state index >= 15 is 0 Å². The molecule has 5 nitrogen and oxygen atoms in total. The zero-order chi connectivity index (χ0) is 15.2. The summed E-state index contributed by atoms with van der Waals surface area (Å²) >= 11 is 0. The summed E-state index contributed by atoms with van der Waals surface area (Å²) in [6, 6.07) is 4.76. The average Bonchev–Trinajstić information content (AvgIpc) is 2.86. The molecule has 1 fully saturated rings. The van der Waals surface area contributed by atoms with Crippen LogP contribution in [0.2, 0.25) is 0 Å². The van der Waals surface area contributed by atoms with Gasteiger partial charge in [-0.1, -0.05) is 20.3 Å². The third-order valence-corrected chi connectivity index (χ3v) is 4.33. The van der Waals surface area contributed by atoms with Gasteiger partial charge in [0.25, 0.3) is 0 Å². The van der Waals surface area contributed by atoms with Crippen molar-refractivity contribution >= 4 is 0 Å². The minimum atomic E-state index is 0.0977. The van der Waals surface area contributed by atoms with E-state index in [1.54, 1.807) is 0 Å². The van der Waals surface area contributed by atoms with Gasteiger partial charge < -0.3 is 0 Å². The first-order chi connectivity index (χ1) is 10.2. The summed E-state index contributed by atoms with van der Waals surface area (Å²) in [6.45, 7) is 9.31. The number of nitrogens with zero attached hydrogens (tertiary/aromatic N) is 5. The molecular weight excluding hydrogens is 262 g/mol. The van der Waals surface area contributed by atoms with Crippen molar-refractivity contribution in [1.82, 2.24) is 19.6 Å². The first kappa shape index (κ1) is 16.0. The topological polar surface area (TPSA) is 48.1 Å². The number of hydrogen-bond acceptors (Lipinski definition) is 4. The number of piperazine rings is 1. The smallest absolute Gasteiger partial charge is 0.0978 e. The van der Waals surface area contributed by atoms with Gasteiger partial charge in [-0.05, 0) is 18.9 Å². The largest absolute Gasteiger partial charge is 0.295 e. The molecule has 0 aromatic carbocycles. The monoisotopic (exact) mass is 289 g/mol. The standard InChI is InChI=1S/C16H27N5/c1-4-6-15(12-17)21-9-7-20(8-10-21)13-16-11-14(5-2)18-19(16)3/h11,15H,4-10,13H2,1-3H3. The fraction of sp³-hybridized carbons (Fsp3) is 0.750. The van der Waals surface area contributed by atoms with Crippen LogP contribution in [0.1, 0.15) is 38.1 Å². The Bertz CT molecular complexity index is 479. The Labute approximate surface area is 128 Å². The molecule has 2 heterocycles. The van der Waals surface area contributed by atoms with Gasteiger partial charge in [0.1, 0.15) is 0 Å². The highest BCUT2D eigenvalue weighted by molar-refractivity contribution is 5.10. The van der Waals surface area contributed by atoms with E-state index < -0.39 is 0 Å². The van der Waals surface area contributed by atoms with E-state index in [1.165, 1.54) is 11.4 Å². The Morgan fingerprint density at radius 2 is 2.00 bits per heavy atom. The summed E-state index contributed by atoms with van der Waals surface area (Å²) in [6.07, 6.45) is 3.05. The minimum absolute atomic E-state index is 0.0977. The summed E-state index contributed by atoms with van der Waals surface area (Å²) in [4.78, 5) is 4.80. The summed E-state index contributed by atoms with van der Waals surface area (Å²) < 4.78 is 2.00. The summed E-state index contributed by atoms with van der Waals surface area (Å²) in [5.41, 5.74) is 2.45. The predicted octanol–water partition coefficient (Wildman–Crippen LogP) is 1.79. The second-order valence-electron chi connectivity index (χ2n) is 5.85. The van der Waals surface area contributed by atoms with Gasteiger partial charge in [-0.25, -0.2) is 0 Å². The van der Waals surface area contributed by atoms with E-state index in [4.69, 9.17) is 0 Å². The van der Waals surface area contributed by atoms with E-state index in [2.05, 4.69) is 40.9 Å². The number of hydrogen-bond donors (Lipinski definition) is 0. The molecule has 0 N–H and O–H groups in total. The van der Waals surface area contributed by atoms with Crippen LogP contribution < -0.4 is 0 Å². The van der Waals surface area contributed by atoms with Crippen molar-refractivity contribution in [2.24, 2.45) is 7.05 Å². The molecule has 1 atom stereocenters. The van der Waals surface area contributed by atoms with Crippen LogP contribution in [0.3, 0.4) is 0 Å². The second-order valence-corrected chi connectivity index (χ2v) is 5.85. The maximum Gasteiger partial charge on any atom is 0.0978 e. The SMILES string of the molecule is CCCC(C#N)N1CCN(Cc2cc(CC)nn2C)CC1. The molecule has 0 saturated carbocycles. The molecule has 5 heteroatoms. The third-order valence-electron chi connectivity index (χ3n) is 4.33. The van der Waals surface area contributed by atoms with Crippen molar-refractivity contribution < 1.29 is 0 Å². The molecule has 0 amide bonds. The molecule has 0 spiro atoms. The highest BCUT2D eigenvalue weighted by atomic mass is 15.3. The Morgan fingerprint density at radius 3 is 2.52 bits per heavy atom. The van der Waals surface area contributed by atoms with Crippen molar-refractivity contribution in [3.63, 3.8) is 0 Å². The number of nitriles is 1. The van der Waals surface area contributed by atoms with Crippen LogP contribution in [0.5, 0.6) is 0 Å². The van der Waals surface area contributed by atoms with Crippen LogP contribution in [-0.2, 0) is 20.0 Å². The van der Waals surface area contributed by atoms with Gasteiger partial charge >= 0.3 is 0 Å². The number of rotatable bonds is 6. The molecule has 1 aliphatic rings. The van der Waals surface area contributed by atoms with Crippen molar-refractivity contribution in [3.8, 4) is 6.07 Å². The van der Waals surface area contributed by atoms with Gasteiger partial charge in [0.15, 0.2) is 0 Å². The lowest BCUT2D eigenvalue weighted by Crippen LogP contribution is -2.49. The van der Waals surface area contributed by atoms with Crippen molar-refractivity contribution in [2.75, 3.05) is 26.2 Å². The molecule has 0 radical (unpaired) electrons. The summed E-state index contributed by atoms with van der Waals surface area (Å²) in [5.74, 6) is 0. The lowest BCUT2D eigenvalue weighted by molar-refractivity contribution is 0.104. The van der Waals surface area contributed by atoms with E-state index in [-0.39, 0.29) is 6.04 Å². The van der Waals surface area contributed by atoms with Crippen LogP contribution >= 0.6 is 0 Å². The van der Waals surface area contributed by atoms with Crippen LogP contribution in [0, 0.1) is 11.3 Å². The highest BCUT2D eigenvalue weighted by Crippen LogP contribution is 2.13. The van der Waals surface area contributed by atoms with E-state index in [0.29, 0.717) is 0 Å². The molecule has 116 valence electrons. The van der Waals surface area contributed by atoms with E-state index in [1.807, 2.05) is 11.7 Å². The van der Waals surface area contributed by atoms with Crippen LogP contribution in [0.15, 0.2) is 6.07 Å². The normalized spacial score (nSPS) is 18.6. The quantitative estimate of drug-likeness (QED) is 0.801. The zero-order valence-electron chi connectivity index (χ0n) is 13.5.